The zero-order valence-electron chi connectivity index (χ0n) is 12.7. The van der Waals surface area contributed by atoms with Gasteiger partial charge < -0.3 is 10.1 Å². The molecule has 0 aliphatic heterocycles. The van der Waals surface area contributed by atoms with Crippen LogP contribution in [0.2, 0.25) is 0 Å². The lowest BCUT2D eigenvalue weighted by Crippen LogP contribution is -2.22. The zero-order valence-corrected chi connectivity index (χ0v) is 12.7. The van der Waals surface area contributed by atoms with E-state index in [0.29, 0.717) is 12.6 Å². The molecule has 2 heterocycles. The number of nitrogens with zero attached hydrogens (tertiary/aromatic N) is 2. The predicted molar refractivity (Wildman–Crippen MR) is 84.3 cm³/mol. The van der Waals surface area contributed by atoms with Crippen LogP contribution in [0.3, 0.4) is 0 Å². The minimum absolute atomic E-state index is 0.456. The first-order valence-corrected chi connectivity index (χ1v) is 7.43. The van der Waals surface area contributed by atoms with Gasteiger partial charge in [-0.15, -0.1) is 0 Å². The summed E-state index contributed by atoms with van der Waals surface area (Å²) in [6, 6.07) is 6.55. The third-order valence-electron chi connectivity index (χ3n) is 3.19. The zero-order chi connectivity index (χ0) is 14.9. The lowest BCUT2D eigenvalue weighted by atomic mass is 10.1. The first-order chi connectivity index (χ1) is 10.3. The normalized spacial score (nSPS) is 10.8. The van der Waals surface area contributed by atoms with E-state index in [1.54, 1.807) is 12.4 Å². The van der Waals surface area contributed by atoms with Crippen molar-refractivity contribution in [2.24, 2.45) is 0 Å². The molecule has 0 saturated carbocycles. The Kier molecular flexibility index (Phi) is 6.16. The van der Waals surface area contributed by atoms with Crippen LogP contribution in [-0.2, 0) is 13.0 Å². The van der Waals surface area contributed by atoms with Crippen molar-refractivity contribution in [1.29, 1.82) is 0 Å². The molecule has 1 N–H and O–H groups in total. The highest BCUT2D eigenvalue weighted by molar-refractivity contribution is 5.29. The van der Waals surface area contributed by atoms with Crippen molar-refractivity contribution in [1.82, 2.24) is 15.3 Å². The number of hydrogen-bond donors (Lipinski definition) is 1. The van der Waals surface area contributed by atoms with Crippen LogP contribution in [0.4, 0.5) is 0 Å². The van der Waals surface area contributed by atoms with E-state index in [0.717, 1.165) is 30.7 Å². The maximum absolute atomic E-state index is 5.87. The van der Waals surface area contributed by atoms with Gasteiger partial charge in [0.1, 0.15) is 5.75 Å². The highest BCUT2D eigenvalue weighted by atomic mass is 16.5. The number of nitrogens with one attached hydrogen (secondary N) is 1. The van der Waals surface area contributed by atoms with E-state index in [9.17, 15) is 0 Å². The second-order valence-electron chi connectivity index (χ2n) is 5.33. The number of pyridine rings is 2. The fourth-order valence-corrected chi connectivity index (χ4v) is 2.01. The third kappa shape index (κ3) is 5.52. The van der Waals surface area contributed by atoms with E-state index in [4.69, 9.17) is 4.74 Å². The van der Waals surface area contributed by atoms with E-state index in [-0.39, 0.29) is 0 Å². The van der Waals surface area contributed by atoms with E-state index in [1.807, 2.05) is 30.6 Å². The fraction of sp³-hybridized carbons (Fsp3) is 0.412. The summed E-state index contributed by atoms with van der Waals surface area (Å²) in [6.45, 7) is 5.77. The molecule has 0 atom stereocenters. The Morgan fingerprint density at radius 2 is 1.86 bits per heavy atom. The maximum atomic E-state index is 5.87. The summed E-state index contributed by atoms with van der Waals surface area (Å²) >= 11 is 0. The van der Waals surface area contributed by atoms with Gasteiger partial charge in [-0.05, 0) is 36.6 Å². The quantitative estimate of drug-likeness (QED) is 0.757. The predicted octanol–water partition coefficient (Wildman–Crippen LogP) is 2.99. The minimum atomic E-state index is 0.456. The molecule has 0 unspecified atom stereocenters. The number of hydrogen-bond acceptors (Lipinski definition) is 4. The number of aryl methyl sites for hydroxylation is 1. The maximum Gasteiger partial charge on any atom is 0.142 e. The Bertz CT molecular complexity index is 529. The second kappa shape index (κ2) is 8.37. The highest BCUT2D eigenvalue weighted by Gasteiger charge is 2.04. The van der Waals surface area contributed by atoms with Gasteiger partial charge in [-0.2, -0.15) is 0 Å². The van der Waals surface area contributed by atoms with Gasteiger partial charge >= 0.3 is 0 Å². The van der Waals surface area contributed by atoms with E-state index < -0.39 is 0 Å². The Morgan fingerprint density at radius 1 is 1.10 bits per heavy atom. The van der Waals surface area contributed by atoms with Gasteiger partial charge in [0.05, 0.1) is 12.8 Å². The van der Waals surface area contributed by atoms with Crippen LogP contribution in [0, 0.1) is 0 Å². The van der Waals surface area contributed by atoms with Gasteiger partial charge in [0.25, 0.3) is 0 Å². The SMILES string of the molecule is CC(C)NCc1ccncc1OCCCc1ccncc1. The van der Waals surface area contributed by atoms with Crippen LogP contribution >= 0.6 is 0 Å². The van der Waals surface area contributed by atoms with Crippen LogP contribution in [0.25, 0.3) is 0 Å². The Morgan fingerprint density at radius 3 is 2.62 bits per heavy atom. The standard InChI is InChI=1S/C17H23N3O/c1-14(2)20-12-16-7-10-19-13-17(16)21-11-3-4-15-5-8-18-9-6-15/h5-10,13-14,20H,3-4,11-12H2,1-2H3. The molecule has 21 heavy (non-hydrogen) atoms. The molecule has 0 amide bonds. The van der Waals surface area contributed by atoms with E-state index in [2.05, 4.69) is 29.1 Å². The number of aromatic nitrogens is 2. The van der Waals surface area contributed by atoms with Crippen molar-refractivity contribution in [2.45, 2.75) is 39.3 Å². The molecule has 2 aromatic rings. The average Bonchev–Trinajstić information content (AvgIpc) is 2.51. The Hall–Kier alpha value is -1.94. The monoisotopic (exact) mass is 285 g/mol. The third-order valence-corrected chi connectivity index (χ3v) is 3.19. The van der Waals surface area contributed by atoms with Crippen LogP contribution in [0.15, 0.2) is 43.0 Å². The van der Waals surface area contributed by atoms with Gasteiger partial charge in [-0.1, -0.05) is 13.8 Å². The summed E-state index contributed by atoms with van der Waals surface area (Å²) in [6.07, 6.45) is 9.24. The van der Waals surface area contributed by atoms with E-state index in [1.165, 1.54) is 5.56 Å². The van der Waals surface area contributed by atoms with Gasteiger partial charge in [-0.25, -0.2) is 0 Å². The molecule has 0 bridgehead atoms. The molecule has 0 spiro atoms. The summed E-state index contributed by atoms with van der Waals surface area (Å²) < 4.78 is 5.87. The molecule has 0 aliphatic rings. The molecular formula is C17H23N3O. The molecule has 0 aliphatic carbocycles. The lowest BCUT2D eigenvalue weighted by Gasteiger charge is -2.13. The fourth-order valence-electron chi connectivity index (χ4n) is 2.01. The highest BCUT2D eigenvalue weighted by Crippen LogP contribution is 2.16. The van der Waals surface area contributed by atoms with E-state index >= 15 is 0 Å². The molecule has 4 heteroatoms. The summed E-state index contributed by atoms with van der Waals surface area (Å²) in [5.41, 5.74) is 2.45. The largest absolute Gasteiger partial charge is 0.492 e. The molecule has 0 aromatic carbocycles. The van der Waals surface area contributed by atoms with Crippen molar-refractivity contribution in [3.8, 4) is 5.75 Å². The number of rotatable bonds is 8. The van der Waals surface area contributed by atoms with Crippen LogP contribution < -0.4 is 10.1 Å². The molecule has 0 fully saturated rings. The van der Waals surface area contributed by atoms with Crippen LogP contribution in [-0.4, -0.2) is 22.6 Å². The topological polar surface area (TPSA) is 47.0 Å². The van der Waals surface area contributed by atoms with Gasteiger partial charge in [0.2, 0.25) is 0 Å². The van der Waals surface area contributed by atoms with Crippen LogP contribution in [0.5, 0.6) is 5.75 Å². The van der Waals surface area contributed by atoms with Crippen molar-refractivity contribution in [3.05, 3.63) is 54.1 Å². The number of ether oxygens (including phenoxy) is 1. The lowest BCUT2D eigenvalue weighted by molar-refractivity contribution is 0.305. The minimum Gasteiger partial charge on any atom is -0.492 e. The Labute approximate surface area is 126 Å². The van der Waals surface area contributed by atoms with Crippen molar-refractivity contribution in [3.63, 3.8) is 0 Å². The van der Waals surface area contributed by atoms with Gasteiger partial charge in [0.15, 0.2) is 0 Å². The smallest absolute Gasteiger partial charge is 0.142 e. The summed E-state index contributed by atoms with van der Waals surface area (Å²) in [7, 11) is 0. The summed E-state index contributed by atoms with van der Waals surface area (Å²) in [4.78, 5) is 8.17. The molecule has 112 valence electrons. The van der Waals surface area contributed by atoms with Crippen molar-refractivity contribution in [2.75, 3.05) is 6.61 Å². The van der Waals surface area contributed by atoms with Crippen molar-refractivity contribution < 1.29 is 4.74 Å². The molecule has 0 saturated heterocycles. The summed E-state index contributed by atoms with van der Waals surface area (Å²) in [5.74, 6) is 0.875. The van der Waals surface area contributed by atoms with Crippen LogP contribution in [0.1, 0.15) is 31.4 Å². The average molecular weight is 285 g/mol. The first kappa shape index (κ1) is 15.4. The van der Waals surface area contributed by atoms with Gasteiger partial charge in [-0.3, -0.25) is 9.97 Å². The molecular weight excluding hydrogens is 262 g/mol. The molecule has 4 nitrogen and oxygen atoms in total. The molecule has 0 radical (unpaired) electrons. The molecule has 2 rings (SSSR count). The molecule has 2 aromatic heterocycles. The summed E-state index contributed by atoms with van der Waals surface area (Å²) in [5, 5.41) is 3.40. The van der Waals surface area contributed by atoms with Crippen molar-refractivity contribution >= 4 is 0 Å². The first-order valence-electron chi connectivity index (χ1n) is 7.43. The van der Waals surface area contributed by atoms with Gasteiger partial charge in [0, 0.05) is 36.7 Å². The Balaban J connectivity index is 1.80. The second-order valence-corrected chi connectivity index (χ2v) is 5.33.